The first kappa shape index (κ1) is 27.6. The molecular weight excluding hydrogens is 442 g/mol. The average Bonchev–Trinajstić information content (AvgIpc) is 3.26. The summed E-state index contributed by atoms with van der Waals surface area (Å²) in [7, 11) is 0. The first-order chi connectivity index (χ1) is 15.6. The number of amides is 3. The molecule has 0 radical (unpaired) electrons. The normalized spacial score (nSPS) is 27.4. The molecule has 1 aliphatic heterocycles. The number of aliphatic hydroxyl groups is 1. The number of ether oxygens (including phenoxy) is 2. The van der Waals surface area contributed by atoms with Crippen LogP contribution in [0.2, 0.25) is 0 Å². The zero-order valence-corrected chi connectivity index (χ0v) is 21.3. The first-order valence-electron chi connectivity index (χ1n) is 11.7. The van der Waals surface area contributed by atoms with E-state index in [2.05, 4.69) is 17.2 Å². The Morgan fingerprint density at radius 2 is 1.82 bits per heavy atom. The van der Waals surface area contributed by atoms with E-state index >= 15 is 0 Å². The molecule has 5 atom stereocenters. The van der Waals surface area contributed by atoms with Crippen LogP contribution in [0, 0.1) is 11.3 Å². The third-order valence-electron chi connectivity index (χ3n) is 5.92. The van der Waals surface area contributed by atoms with Crippen LogP contribution in [0.25, 0.3) is 0 Å². The molecule has 0 aromatic carbocycles. The predicted octanol–water partition coefficient (Wildman–Crippen LogP) is 1.51. The van der Waals surface area contributed by atoms with Gasteiger partial charge in [0.1, 0.15) is 23.2 Å². The summed E-state index contributed by atoms with van der Waals surface area (Å²) < 4.78 is 10.4. The number of nitrogens with zero attached hydrogens (tertiary/aromatic N) is 1. The topological polar surface area (TPSA) is 134 Å². The van der Waals surface area contributed by atoms with Crippen LogP contribution in [-0.2, 0) is 23.9 Å². The van der Waals surface area contributed by atoms with Gasteiger partial charge in [-0.25, -0.2) is 9.59 Å². The number of aliphatic hydroxyl groups excluding tert-OH is 1. The van der Waals surface area contributed by atoms with Gasteiger partial charge in [0.2, 0.25) is 11.8 Å². The van der Waals surface area contributed by atoms with E-state index < -0.39 is 58.6 Å². The van der Waals surface area contributed by atoms with Crippen LogP contribution >= 0.6 is 0 Å². The van der Waals surface area contributed by atoms with Gasteiger partial charge >= 0.3 is 12.1 Å². The summed E-state index contributed by atoms with van der Waals surface area (Å²) in [5.74, 6) is -1.91. The monoisotopic (exact) mass is 481 g/mol. The fourth-order valence-electron chi connectivity index (χ4n) is 4.11. The van der Waals surface area contributed by atoms with E-state index in [1.54, 1.807) is 54.5 Å². The maximum Gasteiger partial charge on any atom is 0.408 e. The molecule has 0 spiro atoms. The Bertz CT molecular complexity index is 829. The van der Waals surface area contributed by atoms with Crippen molar-refractivity contribution in [2.45, 2.75) is 90.6 Å². The number of carbonyl (C=O) groups is 4. The number of carbonyl (C=O) groups excluding carboxylic acids is 4. The number of nitrogens with one attached hydrogen (secondary N) is 2. The van der Waals surface area contributed by atoms with Gasteiger partial charge in [0.15, 0.2) is 0 Å². The number of alkyl carbamates (subject to hydrolysis) is 1. The lowest BCUT2D eigenvalue weighted by Gasteiger charge is -2.36. The Hall–Kier alpha value is -2.62. The van der Waals surface area contributed by atoms with Crippen LogP contribution in [0.4, 0.5) is 4.79 Å². The number of hydrogen-bond acceptors (Lipinski definition) is 7. The van der Waals surface area contributed by atoms with Gasteiger partial charge in [-0.05, 0) is 39.5 Å². The molecule has 2 fully saturated rings. The zero-order chi connectivity index (χ0) is 26.1. The molecule has 3 amide bonds. The highest BCUT2D eigenvalue weighted by Gasteiger charge is 2.62. The summed E-state index contributed by atoms with van der Waals surface area (Å²) >= 11 is 0. The van der Waals surface area contributed by atoms with E-state index in [9.17, 15) is 24.3 Å². The van der Waals surface area contributed by atoms with Crippen molar-refractivity contribution >= 4 is 23.9 Å². The van der Waals surface area contributed by atoms with Gasteiger partial charge in [-0.2, -0.15) is 0 Å². The van der Waals surface area contributed by atoms with E-state index in [0.717, 1.165) is 0 Å². The molecule has 2 rings (SSSR count). The van der Waals surface area contributed by atoms with Crippen molar-refractivity contribution in [1.82, 2.24) is 15.5 Å². The highest BCUT2D eigenvalue weighted by molar-refractivity contribution is 5.96. The van der Waals surface area contributed by atoms with Gasteiger partial charge in [0.05, 0.1) is 12.7 Å². The largest absolute Gasteiger partial charge is 0.464 e. The Labute approximate surface area is 201 Å². The number of likely N-dealkylation sites (tertiary alicyclic amines) is 1. The maximum absolute atomic E-state index is 13.5. The predicted molar refractivity (Wildman–Crippen MR) is 125 cm³/mol. The molecule has 2 aliphatic rings. The number of esters is 1. The Kier molecular flexibility index (Phi) is 8.07. The van der Waals surface area contributed by atoms with Gasteiger partial charge < -0.3 is 30.1 Å². The van der Waals surface area contributed by atoms with Crippen LogP contribution in [-0.4, -0.2) is 76.4 Å². The van der Waals surface area contributed by atoms with Gasteiger partial charge in [0, 0.05) is 18.9 Å². The molecule has 3 N–H and O–H groups in total. The summed E-state index contributed by atoms with van der Waals surface area (Å²) in [6.07, 6.45) is 0.280. The molecule has 1 saturated heterocycles. The van der Waals surface area contributed by atoms with E-state index in [4.69, 9.17) is 9.47 Å². The highest BCUT2D eigenvalue weighted by Crippen LogP contribution is 2.45. The van der Waals surface area contributed by atoms with Crippen molar-refractivity contribution in [2.75, 3.05) is 13.2 Å². The smallest absolute Gasteiger partial charge is 0.408 e. The Balaban J connectivity index is 2.24. The third-order valence-corrected chi connectivity index (χ3v) is 5.92. The van der Waals surface area contributed by atoms with Crippen molar-refractivity contribution in [1.29, 1.82) is 0 Å². The highest BCUT2D eigenvalue weighted by atomic mass is 16.6. The van der Waals surface area contributed by atoms with Crippen LogP contribution in [0.5, 0.6) is 0 Å². The quantitative estimate of drug-likeness (QED) is 0.371. The minimum atomic E-state index is -1.21. The van der Waals surface area contributed by atoms with Crippen LogP contribution < -0.4 is 10.6 Å². The SMILES string of the molecule is C=C[C@H]1C[C@]1(NC(=O)[C@@H]1C[C@H](O)CN1C(=O)[C@H](NC(=O)OC(C)(C)C)C(C)(C)C)C(=O)OCC. The van der Waals surface area contributed by atoms with Crippen LogP contribution in [0.3, 0.4) is 0 Å². The lowest BCUT2D eigenvalue weighted by Crippen LogP contribution is -2.59. The second-order valence-corrected chi connectivity index (χ2v) is 11.1. The molecule has 0 bridgehead atoms. The number of hydrogen-bond donors (Lipinski definition) is 3. The fraction of sp³-hybridized carbons (Fsp3) is 0.750. The fourth-order valence-corrected chi connectivity index (χ4v) is 4.11. The third kappa shape index (κ3) is 6.28. The van der Waals surface area contributed by atoms with E-state index in [1.165, 1.54) is 4.90 Å². The van der Waals surface area contributed by atoms with Crippen molar-refractivity contribution < 1.29 is 33.8 Å². The second-order valence-electron chi connectivity index (χ2n) is 11.1. The summed E-state index contributed by atoms with van der Waals surface area (Å²) in [6, 6.07) is -2.02. The van der Waals surface area contributed by atoms with Crippen molar-refractivity contribution in [2.24, 2.45) is 11.3 Å². The molecule has 10 heteroatoms. The molecule has 10 nitrogen and oxygen atoms in total. The van der Waals surface area contributed by atoms with E-state index in [0.29, 0.717) is 6.42 Å². The number of β-amino-alcohol motifs (C(OH)–C–C–N with tert-alkyl or cyclic N) is 1. The molecule has 0 aromatic heterocycles. The minimum Gasteiger partial charge on any atom is -0.464 e. The molecule has 0 aromatic rings. The minimum absolute atomic E-state index is 0.0124. The van der Waals surface area contributed by atoms with Gasteiger partial charge in [-0.3, -0.25) is 9.59 Å². The van der Waals surface area contributed by atoms with Crippen molar-refractivity contribution in [3.05, 3.63) is 12.7 Å². The lowest BCUT2D eigenvalue weighted by atomic mass is 9.85. The van der Waals surface area contributed by atoms with Crippen LogP contribution in [0.15, 0.2) is 12.7 Å². The molecule has 1 heterocycles. The maximum atomic E-state index is 13.5. The molecule has 1 aliphatic carbocycles. The average molecular weight is 482 g/mol. The first-order valence-corrected chi connectivity index (χ1v) is 11.7. The standard InChI is InChI=1S/C24H39N3O7/c1-9-14-12-24(14,20(31)33-10-2)26-18(29)16-11-15(28)13-27(16)19(30)17(22(3,4)5)25-21(32)34-23(6,7)8/h9,14-17,28H,1,10-13H2,2-8H3,(H,25,32)(H,26,29)/t14-,15-,16-,17-,24+/m0/s1. The summed E-state index contributed by atoms with van der Waals surface area (Å²) in [5, 5.41) is 15.7. The number of rotatable bonds is 7. The molecule has 0 unspecified atom stereocenters. The van der Waals surface area contributed by atoms with Crippen molar-refractivity contribution in [3.63, 3.8) is 0 Å². The Morgan fingerprint density at radius 1 is 1.21 bits per heavy atom. The Morgan fingerprint density at radius 3 is 2.29 bits per heavy atom. The molecule has 34 heavy (non-hydrogen) atoms. The van der Waals surface area contributed by atoms with E-state index in [1.807, 2.05) is 0 Å². The molecular formula is C24H39N3O7. The van der Waals surface area contributed by atoms with Gasteiger partial charge in [-0.1, -0.05) is 26.8 Å². The van der Waals surface area contributed by atoms with Crippen molar-refractivity contribution in [3.8, 4) is 0 Å². The van der Waals surface area contributed by atoms with Gasteiger partial charge in [0.25, 0.3) is 0 Å². The summed E-state index contributed by atoms with van der Waals surface area (Å²) in [4.78, 5) is 53.0. The van der Waals surface area contributed by atoms with E-state index in [-0.39, 0.29) is 25.5 Å². The lowest BCUT2D eigenvalue weighted by molar-refractivity contribution is -0.150. The second kappa shape index (κ2) is 9.93. The zero-order valence-electron chi connectivity index (χ0n) is 21.3. The van der Waals surface area contributed by atoms with Crippen LogP contribution in [0.1, 0.15) is 61.3 Å². The summed E-state index contributed by atoms with van der Waals surface area (Å²) in [5.41, 5.74) is -2.68. The summed E-state index contributed by atoms with van der Waals surface area (Å²) in [6.45, 7) is 16.0. The van der Waals surface area contributed by atoms with Gasteiger partial charge in [-0.15, -0.1) is 6.58 Å². The molecule has 1 saturated carbocycles. The molecule has 192 valence electrons.